The summed E-state index contributed by atoms with van der Waals surface area (Å²) in [4.78, 5) is 97.1. The van der Waals surface area contributed by atoms with Crippen molar-refractivity contribution in [1.82, 2.24) is 30.9 Å². The molecule has 3 saturated heterocycles. The fourth-order valence-electron chi connectivity index (χ4n) is 12.6. The third kappa shape index (κ3) is 23.4. The van der Waals surface area contributed by atoms with E-state index < -0.39 is 29.8 Å². The van der Waals surface area contributed by atoms with E-state index in [2.05, 4.69) is 60.9 Å². The van der Waals surface area contributed by atoms with Crippen molar-refractivity contribution in [1.29, 1.82) is 0 Å². The zero-order valence-corrected chi connectivity index (χ0v) is 65.9. The molecule has 4 aliphatic rings. The number of nitrogens with zero attached hydrogens (tertiary/aromatic N) is 5. The maximum absolute atomic E-state index is 14.9. The molecule has 3 aliphatic heterocycles. The molecule has 0 bridgehead atoms. The number of nitrogens with two attached hydrogens (primary N) is 2. The van der Waals surface area contributed by atoms with Crippen molar-refractivity contribution in [3.8, 4) is 46.0 Å². The van der Waals surface area contributed by atoms with E-state index in [4.69, 9.17) is 40.3 Å². The van der Waals surface area contributed by atoms with Gasteiger partial charge in [0.25, 0.3) is 0 Å². The third-order valence-corrected chi connectivity index (χ3v) is 22.0. The van der Waals surface area contributed by atoms with Crippen LogP contribution in [-0.2, 0) is 52.8 Å². The van der Waals surface area contributed by atoms with Crippen LogP contribution in [0.5, 0.6) is 46.0 Å². The number of carbonyl (C=O) groups is 7. The number of para-hydroxylation sites is 2. The van der Waals surface area contributed by atoms with Crippen LogP contribution in [0.2, 0.25) is 0 Å². The van der Waals surface area contributed by atoms with E-state index in [1.54, 1.807) is 101 Å². The summed E-state index contributed by atoms with van der Waals surface area (Å²) in [6.45, 7) is 2.27. The monoisotopic (exact) mass is 1650 g/mol. The molecule has 0 spiro atoms. The fourth-order valence-corrected chi connectivity index (χ4v) is 16.3. The number of ether oxygens (including phenoxy) is 5. The zero-order valence-electron chi connectivity index (χ0n) is 61.9. The third-order valence-electron chi connectivity index (χ3n) is 18.0. The smallest absolute Gasteiger partial charge is 0.310 e. The van der Waals surface area contributed by atoms with Crippen LogP contribution >= 0.6 is 49.9 Å². The lowest BCUT2D eigenvalue weighted by atomic mass is 9.91. The Morgan fingerprint density at radius 3 is 1.34 bits per heavy atom. The standard InChI is InChI=1S/C29H25FN2O5S.C17H14FN3O2S.C13H8BrFN2OS.C11H12O4.C8H18N2.C4H7NO/c1-36-24-6-3-2-5-19(24)15-21(34)16-20(33)13-18-8-9-25(22(30)14-18)37-26-10-11-31-23-17-28(38-29(23)26)32-12-4-7-27(32)35;18-11-8-10(19)3-4-13(11)23-14-5-6-20-12-9-16(24-17(12)14)21-7-1-2-15(21)22;14-12-6-9-13(19-12)11(3-4-17-9)18-10-2-1-7(16)5-8(10)15;1-15-10-5-3-2-4-8(10)6-9(12)7-11(13)14;1-9-7-5-3-4-6-8(7)10-2;6-4-2-1-3-5-4/h2-3,5-6,8-11,14,17H,4,7,12-13,15-16H2,1H3;3-6,8-9H,1-2,7,19H2;1-6H,16H2;2-5H,6-7H2,1H3,(H,13,14);7-10H,3-6H2,1-2H3;1-3H2,(H,5,6)/t;;;;7-,8-;/m....0./s1. The van der Waals surface area contributed by atoms with E-state index >= 15 is 0 Å². The molecule has 3 amide bonds. The Balaban J connectivity index is 0.000000155. The largest absolute Gasteiger partial charge is 0.496 e. The summed E-state index contributed by atoms with van der Waals surface area (Å²) in [5.41, 5.74) is 15.9. The van der Waals surface area contributed by atoms with Gasteiger partial charge in [-0.2, -0.15) is 0 Å². The van der Waals surface area contributed by atoms with Gasteiger partial charge in [-0.15, -0.1) is 34.0 Å². The number of carboxylic acid groups (broad SMARTS) is 1. The van der Waals surface area contributed by atoms with Crippen molar-refractivity contribution < 1.29 is 75.5 Å². The Hall–Kier alpha value is -10.9. The molecular weight excluding hydrogens is 1570 g/mol. The average molecular weight is 1650 g/mol. The number of likely N-dealkylation sites (N-methyl/N-ethyl adjacent to an activating group) is 2. The lowest BCUT2D eigenvalue weighted by Gasteiger charge is -2.30. The molecule has 30 heteroatoms. The number of carboxylic acids is 1. The summed E-state index contributed by atoms with van der Waals surface area (Å²) < 4.78 is 73.4. The molecule has 8 N–H and O–H groups in total. The fraction of sp³-hybridized carbons (Fsp3) is 0.293. The van der Waals surface area contributed by atoms with E-state index in [-0.39, 0.29) is 78.0 Å². The molecule has 586 valence electrons. The SMILES string of the molecule is CN[C@H]1CCCC[C@@H]1NC.COc1ccccc1CC(=O)CC(=O)Cc1ccc(Oc2ccnc3cc(N4CCCC4=O)sc23)c(F)c1.COc1ccccc1CC(=O)CC(=O)O.Nc1ccc(Oc2ccnc3cc(Br)sc23)c(F)c1.Nc1ccc(Oc2ccnc3cc(N4CCCC4=O)sc23)c(F)c1.O=C1CCCN1. The first-order valence-electron chi connectivity index (χ1n) is 36.0. The van der Waals surface area contributed by atoms with Gasteiger partial charge in [0.15, 0.2) is 34.7 Å². The first-order valence-corrected chi connectivity index (χ1v) is 39.3. The number of fused-ring (bicyclic) bond motifs is 3. The number of hydrogen-bond acceptors (Lipinski definition) is 22. The normalized spacial score (nSPS) is 14.9. The predicted octanol–water partition coefficient (Wildman–Crippen LogP) is 16.1. The van der Waals surface area contributed by atoms with Crippen LogP contribution in [0.1, 0.15) is 93.7 Å². The van der Waals surface area contributed by atoms with Gasteiger partial charge >= 0.3 is 5.97 Å². The van der Waals surface area contributed by atoms with Crippen LogP contribution in [0, 0.1) is 17.5 Å². The van der Waals surface area contributed by atoms with Crippen LogP contribution in [0.25, 0.3) is 30.6 Å². The average Bonchev–Trinajstić information content (AvgIpc) is 1.75. The van der Waals surface area contributed by atoms with Gasteiger partial charge in [-0.25, -0.2) is 13.2 Å². The number of Topliss-reactive ketones (excluding diaryl/α,β-unsaturated/α-hetero) is 3. The second-order valence-corrected chi connectivity index (χ2v) is 30.6. The van der Waals surface area contributed by atoms with E-state index in [1.165, 1.54) is 110 Å². The summed E-state index contributed by atoms with van der Waals surface area (Å²) in [7, 11) is 7.16. The number of aromatic nitrogens is 3. The molecule has 15 rings (SSSR count). The van der Waals surface area contributed by atoms with E-state index in [0.29, 0.717) is 94.8 Å². The number of aliphatic carboxylic acids is 1. The maximum Gasteiger partial charge on any atom is 0.310 e. The van der Waals surface area contributed by atoms with Crippen LogP contribution in [0.3, 0.4) is 0 Å². The number of anilines is 4. The molecule has 9 heterocycles. The first-order chi connectivity index (χ1) is 54.1. The zero-order chi connectivity index (χ0) is 79.8. The summed E-state index contributed by atoms with van der Waals surface area (Å²) in [5.74, 6) is -0.205. The molecule has 2 atom stereocenters. The van der Waals surface area contributed by atoms with Gasteiger partial charge in [-0.3, -0.25) is 48.5 Å². The number of thiophene rings is 3. The van der Waals surface area contributed by atoms with E-state index in [0.717, 1.165) is 76.7 Å². The summed E-state index contributed by atoms with van der Waals surface area (Å²) in [6.07, 6.45) is 14.2. The van der Waals surface area contributed by atoms with Gasteiger partial charge in [-0.1, -0.05) is 55.3 Å². The predicted molar refractivity (Wildman–Crippen MR) is 433 cm³/mol. The van der Waals surface area contributed by atoms with Crippen LogP contribution < -0.4 is 60.9 Å². The van der Waals surface area contributed by atoms with Crippen LogP contribution in [-0.4, -0.2) is 121 Å². The molecule has 1 saturated carbocycles. The second kappa shape index (κ2) is 40.9. The van der Waals surface area contributed by atoms with Gasteiger partial charge in [0, 0.05) is 142 Å². The molecule has 1 aliphatic carbocycles. The quantitative estimate of drug-likeness (QED) is 0.0271. The van der Waals surface area contributed by atoms with Gasteiger partial charge in [-0.05, 0) is 134 Å². The number of methoxy groups -OCH3 is 2. The van der Waals surface area contributed by atoms with Gasteiger partial charge in [0.2, 0.25) is 17.7 Å². The summed E-state index contributed by atoms with van der Waals surface area (Å²) in [5, 5.41) is 19.4. The van der Waals surface area contributed by atoms with Crippen molar-refractivity contribution in [2.45, 2.75) is 108 Å². The number of benzene rings is 5. The Bertz CT molecular complexity index is 5140. The first kappa shape index (κ1) is 83.6. The maximum atomic E-state index is 14.9. The number of ketones is 3. The Labute approximate surface area is 664 Å². The number of hydrogen-bond donors (Lipinski definition) is 6. The van der Waals surface area contributed by atoms with E-state index in [9.17, 15) is 46.7 Å². The summed E-state index contributed by atoms with van der Waals surface area (Å²) in [6, 6.07) is 39.3. The number of nitrogens with one attached hydrogen (secondary N) is 3. The van der Waals surface area contributed by atoms with Gasteiger partial charge in [0.05, 0.1) is 55.1 Å². The van der Waals surface area contributed by atoms with Crippen LogP contribution in [0.15, 0.2) is 162 Å². The topological polar surface area (TPSA) is 319 Å². The Morgan fingerprint density at radius 1 is 0.518 bits per heavy atom. The molecule has 11 aromatic rings. The number of nitrogen functional groups attached to an aromatic ring is 2. The Morgan fingerprint density at radius 2 is 0.946 bits per heavy atom. The lowest BCUT2D eigenvalue weighted by molar-refractivity contribution is -0.140. The van der Waals surface area contributed by atoms with Crippen molar-refractivity contribution in [3.05, 3.63) is 196 Å². The van der Waals surface area contributed by atoms with Gasteiger partial charge < -0.3 is 66.0 Å². The minimum Gasteiger partial charge on any atom is -0.496 e. The molecule has 23 nitrogen and oxygen atoms in total. The van der Waals surface area contributed by atoms with Crippen molar-refractivity contribution in [2.75, 3.05) is 69.2 Å². The Kier molecular flexibility index (Phi) is 30.5. The second-order valence-electron chi connectivity index (χ2n) is 26.1. The molecule has 6 aromatic heterocycles. The summed E-state index contributed by atoms with van der Waals surface area (Å²) >= 11 is 7.69. The van der Waals surface area contributed by atoms with E-state index in [1.807, 2.05) is 30.3 Å². The van der Waals surface area contributed by atoms with Crippen molar-refractivity contribution in [2.24, 2.45) is 0 Å². The molecular formula is C82H84BrF3N10O13S3. The number of carbonyl (C=O) groups excluding carboxylic acids is 6. The minimum absolute atomic E-state index is 0.00754. The number of pyridine rings is 3. The minimum atomic E-state index is -1.10. The molecule has 0 radical (unpaired) electrons. The lowest BCUT2D eigenvalue weighted by Crippen LogP contribution is -2.47. The highest BCUT2D eigenvalue weighted by Crippen LogP contribution is 2.43. The highest BCUT2D eigenvalue weighted by atomic mass is 79.9. The highest BCUT2D eigenvalue weighted by Gasteiger charge is 2.28. The molecule has 112 heavy (non-hydrogen) atoms. The van der Waals surface area contributed by atoms with Crippen LogP contribution in [0.4, 0.5) is 34.5 Å². The molecule has 4 fully saturated rings. The van der Waals surface area contributed by atoms with Crippen molar-refractivity contribution >= 4 is 143 Å². The number of halogens is 4. The van der Waals surface area contributed by atoms with Crippen molar-refractivity contribution in [3.63, 3.8) is 0 Å². The number of amides is 3. The molecule has 5 aromatic carbocycles. The highest BCUT2D eigenvalue weighted by molar-refractivity contribution is 9.11. The van der Waals surface area contributed by atoms with Gasteiger partial charge in [0.1, 0.15) is 62.5 Å². The number of rotatable bonds is 22. The molecule has 0 unspecified atom stereocenters.